The highest BCUT2D eigenvalue weighted by Gasteiger charge is 2.58. The highest BCUT2D eigenvalue weighted by atomic mass is 19.4. The Labute approximate surface area is 124 Å². The minimum absolute atomic E-state index is 0.151. The normalized spacial score (nSPS) is 12.3. The lowest BCUT2D eigenvalue weighted by Crippen LogP contribution is -2.33. The van der Waals surface area contributed by atoms with Crippen LogP contribution >= 0.6 is 0 Å². The molecule has 0 unspecified atom stereocenters. The maximum absolute atomic E-state index is 13.1. The van der Waals surface area contributed by atoms with Crippen LogP contribution in [0.15, 0.2) is 24.3 Å². The lowest BCUT2D eigenvalue weighted by molar-refractivity contribution is -0.289. The molecule has 0 aliphatic rings. The van der Waals surface area contributed by atoms with Gasteiger partial charge in [-0.05, 0) is 12.5 Å². The maximum Gasteiger partial charge on any atom is 0.458 e. The molecule has 0 aromatic heterocycles. The summed E-state index contributed by atoms with van der Waals surface area (Å²) in [6.45, 7) is 2.54. The Morgan fingerprint density at radius 2 is 1.73 bits per heavy atom. The molecule has 3 nitrogen and oxygen atoms in total. The molecule has 0 radical (unpaired) electrons. The van der Waals surface area contributed by atoms with E-state index in [0.717, 1.165) is 12.1 Å². The fourth-order valence-electron chi connectivity index (χ4n) is 1.65. The Balaban J connectivity index is 2.51. The molecule has 0 aliphatic heterocycles. The molecule has 0 atom stereocenters. The van der Waals surface area contributed by atoms with Crippen LogP contribution in [0.25, 0.3) is 0 Å². The molecule has 0 saturated carbocycles. The zero-order valence-electron chi connectivity index (χ0n) is 11.8. The molecule has 0 spiro atoms. The molecule has 124 valence electrons. The van der Waals surface area contributed by atoms with E-state index in [0.29, 0.717) is 12.1 Å². The van der Waals surface area contributed by atoms with Crippen molar-refractivity contribution < 1.29 is 31.5 Å². The van der Waals surface area contributed by atoms with Gasteiger partial charge < -0.3 is 10.1 Å². The van der Waals surface area contributed by atoms with Gasteiger partial charge in [-0.2, -0.15) is 22.0 Å². The predicted octanol–water partition coefficient (Wildman–Crippen LogP) is 3.38. The molecule has 0 bridgehead atoms. The summed E-state index contributed by atoms with van der Waals surface area (Å²) in [5.74, 6) is -5.24. The van der Waals surface area contributed by atoms with Gasteiger partial charge in [0.15, 0.2) is 0 Å². The molecule has 1 aromatic rings. The third kappa shape index (κ3) is 4.94. The van der Waals surface area contributed by atoms with E-state index in [-0.39, 0.29) is 25.5 Å². The van der Waals surface area contributed by atoms with Crippen LogP contribution in [0.5, 0.6) is 0 Å². The number of benzene rings is 1. The van der Waals surface area contributed by atoms with Crippen LogP contribution < -0.4 is 5.32 Å². The Hall–Kier alpha value is -1.70. The average Bonchev–Trinajstić information content (AvgIpc) is 2.43. The van der Waals surface area contributed by atoms with Crippen molar-refractivity contribution in [3.63, 3.8) is 0 Å². The van der Waals surface area contributed by atoms with E-state index in [1.165, 1.54) is 12.1 Å². The van der Waals surface area contributed by atoms with Crippen LogP contribution in [0.3, 0.4) is 0 Å². The Bertz CT molecular complexity index is 485. The molecule has 0 aliphatic carbocycles. The standard InChI is InChI=1S/C14H16F5NO2/c1-2-22-12(21)7-8-20-9-10-3-5-11(6-4-10)13(15,16)14(17,18)19/h3-6,20H,2,7-9H2,1H3. The van der Waals surface area contributed by atoms with Gasteiger partial charge in [-0.3, -0.25) is 4.79 Å². The monoisotopic (exact) mass is 325 g/mol. The Kier molecular flexibility index (Phi) is 6.28. The maximum atomic E-state index is 13.1. The number of hydrogen-bond acceptors (Lipinski definition) is 3. The first-order chi connectivity index (χ1) is 10.2. The van der Waals surface area contributed by atoms with Crippen molar-refractivity contribution in [3.8, 4) is 0 Å². The molecule has 1 aromatic carbocycles. The van der Waals surface area contributed by atoms with Crippen LogP contribution in [0.4, 0.5) is 22.0 Å². The minimum atomic E-state index is -5.62. The van der Waals surface area contributed by atoms with Crippen molar-refractivity contribution in [1.82, 2.24) is 5.32 Å². The van der Waals surface area contributed by atoms with E-state index in [1.807, 2.05) is 0 Å². The Morgan fingerprint density at radius 1 is 1.14 bits per heavy atom. The number of esters is 1. The van der Waals surface area contributed by atoms with Crippen LogP contribution in [0.2, 0.25) is 0 Å². The summed E-state index contributed by atoms with van der Waals surface area (Å²) in [5, 5.41) is 2.87. The number of hydrogen-bond donors (Lipinski definition) is 1. The van der Waals surface area contributed by atoms with Gasteiger partial charge in [-0.1, -0.05) is 24.3 Å². The van der Waals surface area contributed by atoms with Crippen LogP contribution in [0.1, 0.15) is 24.5 Å². The van der Waals surface area contributed by atoms with Crippen molar-refractivity contribution in [1.29, 1.82) is 0 Å². The lowest BCUT2D eigenvalue weighted by Gasteiger charge is -2.20. The van der Waals surface area contributed by atoms with E-state index in [1.54, 1.807) is 6.92 Å². The molecular weight excluding hydrogens is 309 g/mol. The summed E-state index contributed by atoms with van der Waals surface area (Å²) in [4.78, 5) is 11.1. The van der Waals surface area contributed by atoms with E-state index >= 15 is 0 Å². The molecule has 1 N–H and O–H groups in total. The first-order valence-corrected chi connectivity index (χ1v) is 6.58. The molecule has 22 heavy (non-hydrogen) atoms. The largest absolute Gasteiger partial charge is 0.466 e. The summed E-state index contributed by atoms with van der Waals surface area (Å²) in [6.07, 6.45) is -5.47. The number of rotatable bonds is 7. The predicted molar refractivity (Wildman–Crippen MR) is 69.3 cm³/mol. The van der Waals surface area contributed by atoms with Crippen LogP contribution in [0, 0.1) is 0 Å². The van der Waals surface area contributed by atoms with Crippen molar-refractivity contribution >= 4 is 5.97 Å². The van der Waals surface area contributed by atoms with Gasteiger partial charge in [0.1, 0.15) is 0 Å². The molecular formula is C14H16F5NO2. The number of carbonyl (C=O) groups is 1. The zero-order chi connectivity index (χ0) is 16.8. The number of halogens is 5. The van der Waals surface area contributed by atoms with Crippen LogP contribution in [-0.2, 0) is 22.0 Å². The SMILES string of the molecule is CCOC(=O)CCNCc1ccc(C(F)(F)C(F)(F)F)cc1. The van der Waals surface area contributed by atoms with Crippen molar-refractivity contribution in [2.75, 3.05) is 13.2 Å². The number of alkyl halides is 5. The second-order valence-electron chi connectivity index (χ2n) is 4.50. The van der Waals surface area contributed by atoms with Gasteiger partial charge in [-0.15, -0.1) is 0 Å². The summed E-state index contributed by atoms with van der Waals surface area (Å²) in [5.41, 5.74) is -0.569. The second-order valence-corrected chi connectivity index (χ2v) is 4.50. The first-order valence-electron chi connectivity index (χ1n) is 6.58. The van der Waals surface area contributed by atoms with Crippen molar-refractivity contribution in [3.05, 3.63) is 35.4 Å². The average molecular weight is 325 g/mol. The summed E-state index contributed by atoms with van der Waals surface area (Å²) < 4.78 is 67.5. The van der Waals surface area contributed by atoms with Gasteiger partial charge in [0.25, 0.3) is 0 Å². The Morgan fingerprint density at radius 3 is 2.23 bits per heavy atom. The highest BCUT2D eigenvalue weighted by Crippen LogP contribution is 2.43. The third-order valence-corrected chi connectivity index (χ3v) is 2.81. The molecule has 0 saturated heterocycles. The van der Waals surface area contributed by atoms with Gasteiger partial charge in [0.05, 0.1) is 13.0 Å². The quantitative estimate of drug-likeness (QED) is 0.474. The van der Waals surface area contributed by atoms with Gasteiger partial charge in [-0.25, -0.2) is 0 Å². The smallest absolute Gasteiger partial charge is 0.458 e. The van der Waals surface area contributed by atoms with E-state index in [2.05, 4.69) is 5.32 Å². The van der Waals surface area contributed by atoms with Gasteiger partial charge in [0.2, 0.25) is 0 Å². The number of carbonyl (C=O) groups excluding carboxylic acids is 1. The number of nitrogens with one attached hydrogen (secondary N) is 1. The van der Waals surface area contributed by atoms with Gasteiger partial charge >= 0.3 is 18.1 Å². The van der Waals surface area contributed by atoms with Crippen molar-refractivity contribution in [2.45, 2.75) is 32.0 Å². The summed E-state index contributed by atoms with van der Waals surface area (Å²) in [7, 11) is 0. The number of ether oxygens (including phenoxy) is 1. The summed E-state index contributed by atoms with van der Waals surface area (Å²) in [6, 6.07) is 3.87. The lowest BCUT2D eigenvalue weighted by atomic mass is 10.1. The summed E-state index contributed by atoms with van der Waals surface area (Å²) >= 11 is 0. The van der Waals surface area contributed by atoms with E-state index in [4.69, 9.17) is 4.74 Å². The van der Waals surface area contributed by atoms with Gasteiger partial charge in [0, 0.05) is 18.7 Å². The zero-order valence-corrected chi connectivity index (χ0v) is 11.8. The minimum Gasteiger partial charge on any atom is -0.466 e. The highest BCUT2D eigenvalue weighted by molar-refractivity contribution is 5.69. The van der Waals surface area contributed by atoms with E-state index < -0.39 is 17.7 Å². The fraction of sp³-hybridized carbons (Fsp3) is 0.500. The molecule has 1 rings (SSSR count). The molecule has 0 amide bonds. The topological polar surface area (TPSA) is 38.3 Å². The third-order valence-electron chi connectivity index (χ3n) is 2.81. The molecule has 8 heteroatoms. The second kappa shape index (κ2) is 7.53. The van der Waals surface area contributed by atoms with Crippen LogP contribution in [-0.4, -0.2) is 25.3 Å². The molecule has 0 heterocycles. The molecule has 0 fully saturated rings. The van der Waals surface area contributed by atoms with E-state index in [9.17, 15) is 26.7 Å². The fourth-order valence-corrected chi connectivity index (χ4v) is 1.65. The van der Waals surface area contributed by atoms with Crippen molar-refractivity contribution in [2.24, 2.45) is 0 Å². The first kappa shape index (κ1) is 18.3.